The molecular weight excluding hydrogens is 398 g/mol. The number of carbonyl (C=O) groups excluding carboxylic acids is 3. The number of esters is 1. The van der Waals surface area contributed by atoms with Crippen molar-refractivity contribution < 1.29 is 19.1 Å². The summed E-state index contributed by atoms with van der Waals surface area (Å²) in [6.45, 7) is 3.73. The van der Waals surface area contributed by atoms with Gasteiger partial charge in [-0.2, -0.15) is 0 Å². The number of imide groups is 1. The second-order valence-electron chi connectivity index (χ2n) is 7.58. The predicted octanol–water partition coefficient (Wildman–Crippen LogP) is 5.23. The summed E-state index contributed by atoms with van der Waals surface area (Å²) in [5.41, 5.74) is 0.886. The number of hydrogen-bond donors (Lipinski definition) is 0. The molecule has 1 heterocycles. The molecule has 0 atom stereocenters. The van der Waals surface area contributed by atoms with Crippen LogP contribution in [0.5, 0.6) is 0 Å². The number of rotatable bonds is 5. The molecule has 1 aliphatic heterocycles. The Morgan fingerprint density at radius 1 is 1.03 bits per heavy atom. The molecule has 5 nitrogen and oxygen atoms in total. The van der Waals surface area contributed by atoms with E-state index < -0.39 is 17.1 Å². The minimum Gasteiger partial charge on any atom is -0.464 e. The first kappa shape index (κ1) is 20.2. The second-order valence-corrected chi connectivity index (χ2v) is 8.57. The van der Waals surface area contributed by atoms with Gasteiger partial charge in [0.15, 0.2) is 0 Å². The first-order chi connectivity index (χ1) is 14.4. The molecule has 2 amide bonds. The maximum atomic E-state index is 12.9. The summed E-state index contributed by atoms with van der Waals surface area (Å²) >= 11 is 0.851. The van der Waals surface area contributed by atoms with Crippen LogP contribution >= 0.6 is 11.8 Å². The average Bonchev–Trinajstić information content (AvgIpc) is 2.99. The van der Waals surface area contributed by atoms with Gasteiger partial charge in [-0.1, -0.05) is 62.4 Å². The van der Waals surface area contributed by atoms with E-state index in [-0.39, 0.29) is 19.1 Å². The van der Waals surface area contributed by atoms with Crippen LogP contribution in [0.3, 0.4) is 0 Å². The number of ether oxygens (including phenoxy) is 1. The van der Waals surface area contributed by atoms with Gasteiger partial charge in [0.05, 0.1) is 11.5 Å². The highest BCUT2D eigenvalue weighted by Crippen LogP contribution is 2.36. The summed E-state index contributed by atoms with van der Waals surface area (Å²) in [6, 6.07) is 18.0. The Labute approximate surface area is 178 Å². The minimum absolute atomic E-state index is 0.184. The van der Waals surface area contributed by atoms with Crippen LogP contribution in [0.2, 0.25) is 0 Å². The summed E-state index contributed by atoms with van der Waals surface area (Å²) in [5.74, 6) is -0.866. The van der Waals surface area contributed by atoms with E-state index in [1.807, 2.05) is 62.4 Å². The van der Waals surface area contributed by atoms with Crippen LogP contribution < -0.4 is 0 Å². The fraction of sp³-hybridized carbons (Fsp3) is 0.208. The van der Waals surface area contributed by atoms with Crippen molar-refractivity contribution in [3.05, 3.63) is 65.1 Å². The largest absolute Gasteiger partial charge is 0.464 e. The highest BCUT2D eigenvalue weighted by molar-refractivity contribution is 8.18. The van der Waals surface area contributed by atoms with Crippen LogP contribution in [0.1, 0.15) is 19.4 Å². The van der Waals surface area contributed by atoms with Crippen molar-refractivity contribution in [1.29, 1.82) is 0 Å². The van der Waals surface area contributed by atoms with Gasteiger partial charge in [0, 0.05) is 0 Å². The van der Waals surface area contributed by atoms with Crippen molar-refractivity contribution in [1.82, 2.24) is 4.90 Å². The quantitative estimate of drug-likeness (QED) is 0.322. The van der Waals surface area contributed by atoms with Crippen molar-refractivity contribution in [2.24, 2.45) is 5.92 Å². The van der Waals surface area contributed by atoms with Gasteiger partial charge in [-0.05, 0) is 56.9 Å². The second kappa shape index (κ2) is 8.32. The number of carbonyl (C=O) groups is 3. The van der Waals surface area contributed by atoms with Gasteiger partial charge < -0.3 is 4.74 Å². The van der Waals surface area contributed by atoms with Gasteiger partial charge in [0.1, 0.15) is 6.54 Å². The molecule has 152 valence electrons. The number of amides is 2. The third-order valence-corrected chi connectivity index (χ3v) is 5.73. The zero-order chi connectivity index (χ0) is 21.3. The van der Waals surface area contributed by atoms with Crippen LogP contribution in [0.15, 0.2) is 59.5 Å². The smallest absolute Gasteiger partial charge is 0.326 e. The molecule has 1 aliphatic rings. The molecule has 0 bridgehead atoms. The lowest BCUT2D eigenvalue weighted by Crippen LogP contribution is -2.34. The maximum Gasteiger partial charge on any atom is 0.326 e. The van der Waals surface area contributed by atoms with E-state index in [0.717, 1.165) is 43.8 Å². The maximum absolute atomic E-state index is 12.9. The number of benzene rings is 3. The zero-order valence-corrected chi connectivity index (χ0v) is 17.6. The summed E-state index contributed by atoms with van der Waals surface area (Å²) in [6.07, 6.45) is 1.76. The minimum atomic E-state index is -0.581. The molecule has 0 saturated carbocycles. The molecule has 0 unspecified atom stereocenters. The summed E-state index contributed by atoms with van der Waals surface area (Å²) in [4.78, 5) is 38.5. The van der Waals surface area contributed by atoms with Gasteiger partial charge in [0.25, 0.3) is 11.1 Å². The highest BCUT2D eigenvalue weighted by Gasteiger charge is 2.36. The molecule has 0 spiro atoms. The molecule has 4 rings (SSSR count). The van der Waals surface area contributed by atoms with Crippen molar-refractivity contribution in [3.63, 3.8) is 0 Å². The topological polar surface area (TPSA) is 63.7 Å². The molecule has 3 aromatic rings. The lowest BCUT2D eigenvalue weighted by Gasteiger charge is -2.13. The van der Waals surface area contributed by atoms with Crippen molar-refractivity contribution >= 4 is 56.5 Å². The molecule has 0 aliphatic carbocycles. The number of nitrogens with zero attached hydrogens (tertiary/aromatic N) is 1. The molecular formula is C24H21NO4S. The standard InChI is InChI=1S/C24H21NO4S/c1-15(2)14-29-22(26)13-25-23(27)21(30-24(25)28)12-20-18-9-5-3-7-16(18)11-17-8-4-6-10-19(17)20/h3-12,15H,13-14H2,1-2H3/b21-12+. The van der Waals surface area contributed by atoms with Gasteiger partial charge >= 0.3 is 5.97 Å². The van der Waals surface area contributed by atoms with Crippen molar-refractivity contribution in [2.75, 3.05) is 13.2 Å². The Kier molecular flexibility index (Phi) is 5.59. The Morgan fingerprint density at radius 2 is 1.63 bits per heavy atom. The molecule has 3 aromatic carbocycles. The van der Waals surface area contributed by atoms with Crippen LogP contribution in [0.4, 0.5) is 4.79 Å². The first-order valence-corrected chi connectivity index (χ1v) is 10.6. The number of hydrogen-bond acceptors (Lipinski definition) is 5. The van der Waals surface area contributed by atoms with Crippen LogP contribution in [0.25, 0.3) is 27.6 Å². The monoisotopic (exact) mass is 419 g/mol. The van der Waals surface area contributed by atoms with Crippen LogP contribution in [-0.2, 0) is 14.3 Å². The fourth-order valence-electron chi connectivity index (χ4n) is 3.41. The summed E-state index contributed by atoms with van der Waals surface area (Å²) in [7, 11) is 0. The Morgan fingerprint density at radius 3 is 2.23 bits per heavy atom. The normalized spacial score (nSPS) is 15.7. The first-order valence-electron chi connectivity index (χ1n) is 9.75. The molecule has 6 heteroatoms. The van der Waals surface area contributed by atoms with E-state index in [2.05, 4.69) is 6.07 Å². The van der Waals surface area contributed by atoms with Crippen LogP contribution in [0, 0.1) is 5.92 Å². The molecule has 0 aromatic heterocycles. The third-order valence-electron chi connectivity index (χ3n) is 4.83. The molecule has 1 saturated heterocycles. The predicted molar refractivity (Wildman–Crippen MR) is 120 cm³/mol. The van der Waals surface area contributed by atoms with Gasteiger partial charge in [-0.25, -0.2) is 0 Å². The van der Waals surface area contributed by atoms with E-state index in [9.17, 15) is 14.4 Å². The number of fused-ring (bicyclic) bond motifs is 2. The summed E-state index contributed by atoms with van der Waals surface area (Å²) in [5, 5.41) is 3.65. The van der Waals surface area contributed by atoms with E-state index in [4.69, 9.17) is 4.74 Å². The van der Waals surface area contributed by atoms with Gasteiger partial charge in [0.2, 0.25) is 0 Å². The van der Waals surface area contributed by atoms with E-state index >= 15 is 0 Å². The van der Waals surface area contributed by atoms with Crippen LogP contribution in [-0.4, -0.2) is 35.2 Å². The van der Waals surface area contributed by atoms with Gasteiger partial charge in [-0.15, -0.1) is 0 Å². The Balaban J connectivity index is 1.70. The van der Waals surface area contributed by atoms with E-state index in [1.165, 1.54) is 0 Å². The Hall–Kier alpha value is -3.12. The lowest BCUT2D eigenvalue weighted by molar-refractivity contribution is -0.147. The average molecular weight is 420 g/mol. The Bertz CT molecular complexity index is 1140. The molecule has 1 fully saturated rings. The SMILES string of the molecule is CC(C)COC(=O)CN1C(=O)S/C(=C/c2c3ccccc3cc3ccccc23)C1=O. The highest BCUT2D eigenvalue weighted by atomic mass is 32.2. The lowest BCUT2D eigenvalue weighted by atomic mass is 9.96. The van der Waals surface area contributed by atoms with Crippen molar-refractivity contribution in [2.45, 2.75) is 13.8 Å². The number of thioether (sulfide) groups is 1. The molecule has 0 N–H and O–H groups in total. The van der Waals surface area contributed by atoms with Gasteiger partial charge in [-0.3, -0.25) is 19.3 Å². The van der Waals surface area contributed by atoms with Crippen molar-refractivity contribution in [3.8, 4) is 0 Å². The molecule has 0 radical (unpaired) electrons. The molecule has 30 heavy (non-hydrogen) atoms. The third kappa shape index (κ3) is 3.96. The van der Waals surface area contributed by atoms with E-state index in [0.29, 0.717) is 4.91 Å². The van der Waals surface area contributed by atoms with E-state index in [1.54, 1.807) is 6.08 Å². The summed E-state index contributed by atoms with van der Waals surface area (Å²) < 4.78 is 5.12. The fourth-order valence-corrected chi connectivity index (χ4v) is 4.23. The zero-order valence-electron chi connectivity index (χ0n) is 16.8.